The monoisotopic (exact) mass is 179 g/mol. The van der Waals surface area contributed by atoms with Crippen molar-refractivity contribution in [1.29, 1.82) is 0 Å². The second-order valence-corrected chi connectivity index (χ2v) is 3.29. The Morgan fingerprint density at radius 1 is 1.18 bits per heavy atom. The Hall–Kier alpha value is 0.210. The molecule has 3 heteroatoms. The molecule has 0 saturated heterocycles. The molecule has 0 aromatic heterocycles. The zero-order valence-electron chi connectivity index (χ0n) is 6.83. The molecule has 0 unspecified atom stereocenters. The third-order valence-corrected chi connectivity index (χ3v) is 2.43. The van der Waals surface area contributed by atoms with Crippen LogP contribution in [0, 0.1) is 5.92 Å². The van der Waals surface area contributed by atoms with Crippen molar-refractivity contribution in [2.75, 3.05) is 6.61 Å². The molecule has 0 spiro atoms. The smallest absolute Gasteiger partial charge is 0.0433 e. The normalized spacial score (nSPS) is 31.1. The summed E-state index contributed by atoms with van der Waals surface area (Å²) >= 11 is 0. The topological polar surface area (TPSA) is 46.2 Å². The highest BCUT2D eigenvalue weighted by Gasteiger charge is 2.17. The van der Waals surface area contributed by atoms with E-state index >= 15 is 0 Å². The first-order chi connectivity index (χ1) is 4.83. The van der Waals surface area contributed by atoms with Gasteiger partial charge in [0, 0.05) is 12.6 Å². The molecule has 0 bridgehead atoms. The van der Waals surface area contributed by atoms with Gasteiger partial charge in [-0.05, 0) is 38.0 Å². The number of aliphatic hydroxyl groups excluding tert-OH is 1. The van der Waals surface area contributed by atoms with Crippen molar-refractivity contribution in [2.24, 2.45) is 11.7 Å². The lowest BCUT2D eigenvalue weighted by molar-refractivity contribution is 0.223. The van der Waals surface area contributed by atoms with E-state index < -0.39 is 0 Å². The molecular weight excluding hydrogens is 162 g/mol. The third-order valence-electron chi connectivity index (χ3n) is 2.43. The van der Waals surface area contributed by atoms with Gasteiger partial charge in [-0.25, -0.2) is 0 Å². The molecule has 1 fully saturated rings. The maximum absolute atomic E-state index is 8.65. The molecular formula is C8H18ClNO. The van der Waals surface area contributed by atoms with Crippen LogP contribution >= 0.6 is 12.4 Å². The Balaban J connectivity index is 0.000001000. The van der Waals surface area contributed by atoms with Crippen molar-refractivity contribution in [3.8, 4) is 0 Å². The minimum Gasteiger partial charge on any atom is -0.396 e. The molecule has 0 aromatic carbocycles. The molecule has 1 aliphatic rings. The Labute approximate surface area is 74.6 Å². The van der Waals surface area contributed by atoms with E-state index in [0.717, 1.165) is 25.2 Å². The molecule has 0 aliphatic heterocycles. The van der Waals surface area contributed by atoms with E-state index in [9.17, 15) is 0 Å². The van der Waals surface area contributed by atoms with Gasteiger partial charge in [0.15, 0.2) is 0 Å². The molecule has 0 amide bonds. The van der Waals surface area contributed by atoms with E-state index in [2.05, 4.69) is 0 Å². The first-order valence-electron chi connectivity index (χ1n) is 4.19. The fourth-order valence-electron chi connectivity index (χ4n) is 1.66. The lowest BCUT2D eigenvalue weighted by Gasteiger charge is -2.25. The first-order valence-corrected chi connectivity index (χ1v) is 4.19. The summed E-state index contributed by atoms with van der Waals surface area (Å²) in [6.07, 6.45) is 5.74. The van der Waals surface area contributed by atoms with Crippen molar-refractivity contribution in [3.63, 3.8) is 0 Å². The summed E-state index contributed by atoms with van der Waals surface area (Å²) in [5, 5.41) is 8.65. The van der Waals surface area contributed by atoms with E-state index in [1.165, 1.54) is 12.8 Å². The van der Waals surface area contributed by atoms with Crippen LogP contribution in [0.2, 0.25) is 0 Å². The van der Waals surface area contributed by atoms with Gasteiger partial charge in [0.2, 0.25) is 0 Å². The fourth-order valence-corrected chi connectivity index (χ4v) is 1.66. The van der Waals surface area contributed by atoms with Gasteiger partial charge in [-0.1, -0.05) is 0 Å². The van der Waals surface area contributed by atoms with Crippen LogP contribution in [0.15, 0.2) is 0 Å². The average molecular weight is 180 g/mol. The van der Waals surface area contributed by atoms with Crippen molar-refractivity contribution in [2.45, 2.75) is 38.1 Å². The third kappa shape index (κ3) is 3.94. The van der Waals surface area contributed by atoms with Crippen LogP contribution in [0.1, 0.15) is 32.1 Å². The molecule has 0 aromatic rings. The summed E-state index contributed by atoms with van der Waals surface area (Å²) in [6, 6.07) is 0.440. The zero-order valence-corrected chi connectivity index (χ0v) is 7.65. The summed E-state index contributed by atoms with van der Waals surface area (Å²) in [5.74, 6) is 0.754. The van der Waals surface area contributed by atoms with Crippen LogP contribution in [-0.4, -0.2) is 17.8 Å². The molecule has 1 aliphatic carbocycles. The van der Waals surface area contributed by atoms with E-state index in [1.54, 1.807) is 0 Å². The quantitative estimate of drug-likeness (QED) is 0.672. The maximum atomic E-state index is 8.65. The number of hydrogen-bond acceptors (Lipinski definition) is 2. The molecule has 68 valence electrons. The minimum atomic E-state index is 0. The molecule has 0 heterocycles. The Morgan fingerprint density at radius 2 is 1.73 bits per heavy atom. The largest absolute Gasteiger partial charge is 0.396 e. The molecule has 1 saturated carbocycles. The second kappa shape index (κ2) is 5.81. The van der Waals surface area contributed by atoms with Crippen LogP contribution in [0.25, 0.3) is 0 Å². The van der Waals surface area contributed by atoms with Gasteiger partial charge in [-0.3, -0.25) is 0 Å². The molecule has 0 atom stereocenters. The molecule has 0 radical (unpaired) electrons. The number of halogens is 1. The summed E-state index contributed by atoms with van der Waals surface area (Å²) in [6.45, 7) is 0.347. The van der Waals surface area contributed by atoms with Crippen molar-refractivity contribution in [3.05, 3.63) is 0 Å². The van der Waals surface area contributed by atoms with Crippen LogP contribution in [0.3, 0.4) is 0 Å². The Morgan fingerprint density at radius 3 is 2.18 bits per heavy atom. The summed E-state index contributed by atoms with van der Waals surface area (Å²) in [5.41, 5.74) is 5.73. The van der Waals surface area contributed by atoms with E-state index in [-0.39, 0.29) is 12.4 Å². The predicted molar refractivity (Wildman–Crippen MR) is 48.9 cm³/mol. The predicted octanol–water partition coefficient (Wildman–Crippen LogP) is 1.31. The van der Waals surface area contributed by atoms with E-state index in [1.807, 2.05) is 0 Å². The average Bonchev–Trinajstić information content (AvgIpc) is 1.95. The van der Waals surface area contributed by atoms with Gasteiger partial charge in [-0.15, -0.1) is 12.4 Å². The summed E-state index contributed by atoms with van der Waals surface area (Å²) in [4.78, 5) is 0. The van der Waals surface area contributed by atoms with Crippen LogP contribution in [0.4, 0.5) is 0 Å². The van der Waals surface area contributed by atoms with Crippen LogP contribution in [0.5, 0.6) is 0 Å². The van der Waals surface area contributed by atoms with Crippen LogP contribution < -0.4 is 5.73 Å². The van der Waals surface area contributed by atoms with Gasteiger partial charge >= 0.3 is 0 Å². The molecule has 3 N–H and O–H groups in total. The second-order valence-electron chi connectivity index (χ2n) is 3.29. The highest BCUT2D eigenvalue weighted by molar-refractivity contribution is 5.85. The standard InChI is InChI=1S/C8H17NO.ClH/c9-8-3-1-7(2-4-8)5-6-10;/h7-8,10H,1-6,9H2;1H/t7-,8-;. The lowest BCUT2D eigenvalue weighted by Crippen LogP contribution is -2.26. The highest BCUT2D eigenvalue weighted by atomic mass is 35.5. The van der Waals surface area contributed by atoms with Gasteiger partial charge in [0.05, 0.1) is 0 Å². The minimum absolute atomic E-state index is 0. The number of nitrogens with two attached hydrogens (primary N) is 1. The summed E-state index contributed by atoms with van der Waals surface area (Å²) < 4.78 is 0. The Bertz CT molecular complexity index is 92.1. The number of aliphatic hydroxyl groups is 1. The number of rotatable bonds is 2. The van der Waals surface area contributed by atoms with Gasteiger partial charge in [0.1, 0.15) is 0 Å². The molecule has 1 rings (SSSR count). The van der Waals surface area contributed by atoms with Gasteiger partial charge < -0.3 is 10.8 Å². The van der Waals surface area contributed by atoms with E-state index in [4.69, 9.17) is 10.8 Å². The maximum Gasteiger partial charge on any atom is 0.0433 e. The van der Waals surface area contributed by atoms with Gasteiger partial charge in [-0.2, -0.15) is 0 Å². The van der Waals surface area contributed by atoms with E-state index in [0.29, 0.717) is 12.6 Å². The highest BCUT2D eigenvalue weighted by Crippen LogP contribution is 2.25. The van der Waals surface area contributed by atoms with Crippen molar-refractivity contribution >= 4 is 12.4 Å². The lowest BCUT2D eigenvalue weighted by atomic mass is 9.85. The first kappa shape index (κ1) is 11.2. The molecule has 11 heavy (non-hydrogen) atoms. The van der Waals surface area contributed by atoms with Gasteiger partial charge in [0.25, 0.3) is 0 Å². The molecule has 2 nitrogen and oxygen atoms in total. The fraction of sp³-hybridized carbons (Fsp3) is 1.00. The zero-order chi connectivity index (χ0) is 7.40. The van der Waals surface area contributed by atoms with Crippen LogP contribution in [-0.2, 0) is 0 Å². The van der Waals surface area contributed by atoms with Crippen molar-refractivity contribution in [1.82, 2.24) is 0 Å². The summed E-state index contributed by atoms with van der Waals surface area (Å²) in [7, 11) is 0. The Kier molecular flexibility index (Phi) is 5.92. The van der Waals surface area contributed by atoms with Crippen molar-refractivity contribution < 1.29 is 5.11 Å². The SMILES string of the molecule is Cl.N[C@H]1CC[C@H](CCO)CC1. The number of hydrogen-bond donors (Lipinski definition) is 2.